The molecule has 18 heteroatoms. The summed E-state index contributed by atoms with van der Waals surface area (Å²) in [4.78, 5) is 72.9. The molecule has 15 atom stereocenters. The van der Waals surface area contributed by atoms with Gasteiger partial charge in [-0.25, -0.2) is 4.79 Å². The second-order valence-electron chi connectivity index (χ2n) is 21.7. The molecule has 4 N–H and O–H groups in total. The van der Waals surface area contributed by atoms with Crippen LogP contribution < -0.4 is 0 Å². The van der Waals surface area contributed by atoms with Crippen molar-refractivity contribution in [3.8, 4) is 0 Å². The Morgan fingerprint density at radius 1 is 0.776 bits per heavy atom. The van der Waals surface area contributed by atoms with Crippen LogP contribution in [0.2, 0.25) is 0 Å². The number of amides is 1. The van der Waals surface area contributed by atoms with Gasteiger partial charge < -0.3 is 63.2 Å². The van der Waals surface area contributed by atoms with E-state index < -0.39 is 77.8 Å². The summed E-state index contributed by atoms with van der Waals surface area (Å²) in [7, 11) is 3.01. The third-order valence-electron chi connectivity index (χ3n) is 15.7. The highest BCUT2D eigenvalue weighted by atomic mass is 16.6. The summed E-state index contributed by atoms with van der Waals surface area (Å²) in [5.41, 5.74) is 1.19. The summed E-state index contributed by atoms with van der Waals surface area (Å²) in [5.74, 6) is -8.31. The van der Waals surface area contributed by atoms with Gasteiger partial charge in [-0.2, -0.15) is 0 Å². The Hall–Kier alpha value is -3.53. The van der Waals surface area contributed by atoms with E-state index in [4.69, 9.17) is 43.0 Å². The van der Waals surface area contributed by atoms with Crippen molar-refractivity contribution in [2.45, 2.75) is 180 Å². The predicted octanol–water partition coefficient (Wildman–Crippen LogP) is 5.59. The minimum atomic E-state index is -2.50. The molecule has 3 fully saturated rings. The number of carbonyl (C=O) groups excluding carboxylic acids is 5. The fourth-order valence-corrected chi connectivity index (χ4v) is 11.0. The number of piperidine rings is 1. The average Bonchev–Trinajstić information content (AvgIpc) is 3.40. The van der Waals surface area contributed by atoms with E-state index in [2.05, 4.69) is 0 Å². The maximum absolute atomic E-state index is 14.6. The van der Waals surface area contributed by atoms with Gasteiger partial charge in [0.15, 0.2) is 5.78 Å². The first-order valence-electron chi connectivity index (χ1n) is 27.9. The van der Waals surface area contributed by atoms with Crippen molar-refractivity contribution in [2.24, 2.45) is 35.5 Å². The Bertz CT molecular complexity index is 1950. The fourth-order valence-electron chi connectivity index (χ4n) is 11.0. The highest BCUT2D eigenvalue weighted by Gasteiger charge is 2.53. The molecule has 0 aromatic rings. The fraction of sp³-hybridized carbons (Fsp3) is 0.776. The summed E-state index contributed by atoms with van der Waals surface area (Å²) in [6.07, 6.45) is 11.3. The van der Waals surface area contributed by atoms with E-state index in [9.17, 15) is 39.3 Å². The van der Waals surface area contributed by atoms with Crippen LogP contribution in [-0.4, -0.2) is 183 Å². The number of ketones is 3. The SMILES string of the molecule is CO[C@@H]1C[C@H](C[C@@H](C)[C@@H]2CC(=O)[C@H](C)/C=C(\C)[C@@H](O)[C@@H](OC)C(=O)[C@H](C)C[C@H](C)/C=C/C=C/C=C(\C)[C@@H](OCCOCCO)C[C@@H]3CC[C@@H](C)[C@@](O)(O3)C(=O)C(=O)N3CCCC[C@H]3C(=O)O2)CC[C@H]1OCCOCCO. The summed E-state index contributed by atoms with van der Waals surface area (Å²) in [5, 5.41) is 42.0. The number of Topliss-reactive ketones (excluding diaryl/α,β-unsaturated/α-hetero) is 3. The van der Waals surface area contributed by atoms with Crippen molar-refractivity contribution in [3.05, 3.63) is 47.6 Å². The van der Waals surface area contributed by atoms with Crippen molar-refractivity contribution in [1.29, 1.82) is 0 Å². The minimum absolute atomic E-state index is 0.0211. The van der Waals surface area contributed by atoms with Gasteiger partial charge in [-0.05, 0) is 107 Å². The van der Waals surface area contributed by atoms with Gasteiger partial charge >= 0.3 is 5.97 Å². The molecule has 4 aliphatic rings. The van der Waals surface area contributed by atoms with Crippen molar-refractivity contribution < 1.29 is 82.3 Å². The predicted molar refractivity (Wildman–Crippen MR) is 284 cm³/mol. The molecule has 0 unspecified atom stereocenters. The van der Waals surface area contributed by atoms with Crippen LogP contribution in [-0.2, 0) is 61.9 Å². The third-order valence-corrected chi connectivity index (χ3v) is 15.7. The Morgan fingerprint density at radius 3 is 2.14 bits per heavy atom. The molecule has 0 aromatic carbocycles. The van der Waals surface area contributed by atoms with Crippen LogP contribution in [0.1, 0.15) is 126 Å². The van der Waals surface area contributed by atoms with Gasteiger partial charge in [0.2, 0.25) is 5.79 Å². The summed E-state index contributed by atoms with van der Waals surface area (Å²) in [6, 6.07) is -1.18. The third kappa shape index (κ3) is 19.4. The molecule has 4 rings (SSSR count). The monoisotopic (exact) mass is 1080 g/mol. The molecule has 1 amide bonds. The van der Waals surface area contributed by atoms with Crippen LogP contribution in [0.4, 0.5) is 0 Å². The van der Waals surface area contributed by atoms with Crippen LogP contribution in [0.5, 0.6) is 0 Å². The standard InChI is InChI=1S/C58H93NO17/c1-37-15-11-10-12-16-38(2)49(74-30-28-72-26-24-61)35-45-20-18-43(7)58(68,76-45)55(65)56(66)59-22-14-13-17-46(59)57(67)75-50(36-47(62)39(3)32-42(6)53(64)54(70-9)52(63)41(5)31-37)40(4)33-44-19-21-48(51(34-44)69-8)73-29-27-71-25-23-60/h10-12,15-16,32,37,39-41,43-46,48-51,53-54,60-61,64,68H,13-14,17-31,33-36H2,1-9H3/b12-10+,15-11+,38-16+,42-32+/t37-,39-,40-,41-,43-,44+,45+,46+,48-,49+,50+,51-,53-,54+,58-/m1/s1. The normalized spacial score (nSPS) is 36.3. The maximum atomic E-state index is 14.6. The van der Waals surface area contributed by atoms with E-state index in [0.717, 1.165) is 12.0 Å². The number of hydrogen-bond acceptors (Lipinski definition) is 17. The van der Waals surface area contributed by atoms with Crippen LogP contribution in [0.15, 0.2) is 47.6 Å². The zero-order valence-electron chi connectivity index (χ0n) is 46.9. The van der Waals surface area contributed by atoms with Crippen molar-refractivity contribution in [2.75, 3.05) is 73.6 Å². The smallest absolute Gasteiger partial charge is 0.329 e. The number of cyclic esters (lactones) is 1. The number of methoxy groups -OCH3 is 2. The molecule has 0 spiro atoms. The number of fused-ring (bicyclic) bond motifs is 3. The number of allylic oxidation sites excluding steroid dienone is 6. The lowest BCUT2D eigenvalue weighted by Crippen LogP contribution is -2.61. The van der Waals surface area contributed by atoms with Gasteiger partial charge in [0.1, 0.15) is 30.1 Å². The van der Waals surface area contributed by atoms with Gasteiger partial charge in [0, 0.05) is 51.4 Å². The number of rotatable bonds is 17. The highest BCUT2D eigenvalue weighted by molar-refractivity contribution is 6.39. The number of esters is 1. The van der Waals surface area contributed by atoms with Crippen molar-refractivity contribution >= 4 is 29.2 Å². The first-order valence-corrected chi connectivity index (χ1v) is 27.9. The Labute approximate surface area is 451 Å². The molecule has 3 aliphatic heterocycles. The molecule has 2 saturated heterocycles. The van der Waals surface area contributed by atoms with Gasteiger partial charge in [0.25, 0.3) is 11.7 Å². The van der Waals surface area contributed by atoms with Crippen LogP contribution in [0.25, 0.3) is 0 Å². The van der Waals surface area contributed by atoms with Crippen LogP contribution >= 0.6 is 0 Å². The van der Waals surface area contributed by atoms with E-state index in [0.29, 0.717) is 70.2 Å². The molecule has 0 aromatic heterocycles. The Kier molecular flexibility index (Phi) is 28.3. The van der Waals surface area contributed by atoms with Gasteiger partial charge in [-0.15, -0.1) is 0 Å². The van der Waals surface area contributed by atoms with Gasteiger partial charge in [0.05, 0.1) is 77.3 Å². The number of hydrogen-bond donors (Lipinski definition) is 4. The molecule has 432 valence electrons. The molecule has 1 aliphatic carbocycles. The lowest BCUT2D eigenvalue weighted by molar-refractivity contribution is -0.266. The van der Waals surface area contributed by atoms with Crippen molar-refractivity contribution in [1.82, 2.24) is 4.90 Å². The second kappa shape index (κ2) is 33.2. The van der Waals surface area contributed by atoms with Crippen LogP contribution in [0.3, 0.4) is 0 Å². The van der Waals surface area contributed by atoms with Gasteiger partial charge in [-0.1, -0.05) is 71.1 Å². The molecule has 3 heterocycles. The molecular weight excluding hydrogens is 983 g/mol. The topological polar surface area (TPSA) is 243 Å². The van der Waals surface area contributed by atoms with Crippen molar-refractivity contribution in [3.63, 3.8) is 0 Å². The second-order valence-corrected chi connectivity index (χ2v) is 21.7. The zero-order chi connectivity index (χ0) is 56.0. The average molecular weight is 1080 g/mol. The number of nitrogens with zero attached hydrogens (tertiary/aromatic N) is 1. The quantitative estimate of drug-likeness (QED) is 0.0600. The summed E-state index contributed by atoms with van der Waals surface area (Å²) in [6.45, 7) is 13.9. The maximum Gasteiger partial charge on any atom is 0.329 e. The number of carbonyl (C=O) groups is 5. The zero-order valence-corrected chi connectivity index (χ0v) is 46.9. The highest BCUT2D eigenvalue weighted by Crippen LogP contribution is 2.38. The first-order chi connectivity index (χ1) is 36.3. The molecule has 18 nitrogen and oxygen atoms in total. The van der Waals surface area contributed by atoms with Gasteiger partial charge in [-0.3, -0.25) is 19.2 Å². The van der Waals surface area contributed by atoms with E-state index in [1.807, 2.05) is 51.2 Å². The molecular formula is C58H93NO17. The molecule has 76 heavy (non-hydrogen) atoms. The lowest BCUT2D eigenvalue weighted by Gasteiger charge is -2.43. The Balaban J connectivity index is 1.69. The minimum Gasteiger partial charge on any atom is -0.460 e. The van der Waals surface area contributed by atoms with E-state index >= 15 is 0 Å². The van der Waals surface area contributed by atoms with E-state index in [-0.39, 0.29) is 107 Å². The first kappa shape index (κ1) is 65.0. The Morgan fingerprint density at radius 2 is 1.47 bits per heavy atom. The summed E-state index contributed by atoms with van der Waals surface area (Å²) < 4.78 is 47.3. The number of aliphatic hydroxyl groups is 4. The number of ether oxygens (including phenoxy) is 8. The summed E-state index contributed by atoms with van der Waals surface area (Å²) >= 11 is 0. The molecule has 1 saturated carbocycles. The van der Waals surface area contributed by atoms with E-state index in [1.54, 1.807) is 40.9 Å². The molecule has 2 bridgehead atoms. The van der Waals surface area contributed by atoms with E-state index in [1.165, 1.54) is 12.0 Å². The number of aliphatic hydroxyl groups excluding tert-OH is 3. The largest absolute Gasteiger partial charge is 0.460 e. The molecule has 0 radical (unpaired) electrons. The van der Waals surface area contributed by atoms with Crippen LogP contribution in [0, 0.1) is 35.5 Å². The lowest BCUT2D eigenvalue weighted by atomic mass is 9.78.